The predicted molar refractivity (Wildman–Crippen MR) is 84.0 cm³/mol. The fraction of sp³-hybridized carbons (Fsp3) is 0.176. The molecule has 0 spiro atoms. The summed E-state index contributed by atoms with van der Waals surface area (Å²) in [5.41, 5.74) is 1.39. The molecule has 0 bridgehead atoms. The predicted octanol–water partition coefficient (Wildman–Crippen LogP) is 3.87. The average Bonchev–Trinajstić information content (AvgIpc) is 2.89. The van der Waals surface area contributed by atoms with Crippen molar-refractivity contribution in [2.75, 3.05) is 5.32 Å². The van der Waals surface area contributed by atoms with E-state index in [1.54, 1.807) is 36.6 Å². The van der Waals surface area contributed by atoms with Crippen molar-refractivity contribution in [1.82, 2.24) is 9.38 Å². The summed E-state index contributed by atoms with van der Waals surface area (Å²) in [6.45, 7) is 3.55. The SMILES string of the molecule is CC(C)C(=O)Nc1c(-c2ccc(F)c(F)c2)nc2ccccn12. The Morgan fingerprint density at radius 1 is 1.17 bits per heavy atom. The lowest BCUT2D eigenvalue weighted by Gasteiger charge is -2.09. The summed E-state index contributed by atoms with van der Waals surface area (Å²) < 4.78 is 28.4. The highest BCUT2D eigenvalue weighted by Gasteiger charge is 2.18. The Bertz CT molecular complexity index is 887. The lowest BCUT2D eigenvalue weighted by atomic mass is 10.1. The smallest absolute Gasteiger partial charge is 0.228 e. The van der Waals surface area contributed by atoms with Crippen molar-refractivity contribution in [1.29, 1.82) is 0 Å². The Labute approximate surface area is 131 Å². The molecule has 4 nitrogen and oxygen atoms in total. The minimum atomic E-state index is -0.958. The van der Waals surface area contributed by atoms with Crippen LogP contribution in [0, 0.1) is 17.6 Å². The molecule has 118 valence electrons. The van der Waals surface area contributed by atoms with Gasteiger partial charge in [-0.05, 0) is 30.3 Å². The molecule has 0 unspecified atom stereocenters. The first-order chi connectivity index (χ1) is 11.0. The third-order valence-corrected chi connectivity index (χ3v) is 3.49. The van der Waals surface area contributed by atoms with Crippen LogP contribution in [0.5, 0.6) is 0 Å². The van der Waals surface area contributed by atoms with E-state index in [1.165, 1.54) is 6.07 Å². The molecule has 0 aliphatic carbocycles. The fourth-order valence-corrected chi connectivity index (χ4v) is 2.22. The van der Waals surface area contributed by atoms with Crippen molar-refractivity contribution >= 4 is 17.4 Å². The topological polar surface area (TPSA) is 46.4 Å². The third-order valence-electron chi connectivity index (χ3n) is 3.49. The molecule has 1 N–H and O–H groups in total. The standard InChI is InChI=1S/C17H15F2N3O/c1-10(2)17(23)21-16-15(11-6-7-12(18)13(19)9-11)20-14-5-3-4-8-22(14)16/h3-10H,1-2H3,(H,21,23). The molecule has 1 amide bonds. The Kier molecular flexibility index (Phi) is 3.82. The molecule has 3 rings (SSSR count). The van der Waals surface area contributed by atoms with Crippen molar-refractivity contribution in [2.24, 2.45) is 5.92 Å². The van der Waals surface area contributed by atoms with Gasteiger partial charge in [-0.1, -0.05) is 19.9 Å². The van der Waals surface area contributed by atoms with Crippen LogP contribution in [0.1, 0.15) is 13.8 Å². The summed E-state index contributed by atoms with van der Waals surface area (Å²) >= 11 is 0. The summed E-state index contributed by atoms with van der Waals surface area (Å²) in [7, 11) is 0. The third kappa shape index (κ3) is 2.79. The normalized spacial score (nSPS) is 11.2. The van der Waals surface area contributed by atoms with Crippen LogP contribution in [-0.2, 0) is 4.79 Å². The van der Waals surface area contributed by atoms with Gasteiger partial charge in [-0.2, -0.15) is 0 Å². The molecule has 0 saturated carbocycles. The Balaban J connectivity index is 2.18. The number of pyridine rings is 1. The van der Waals surface area contributed by atoms with Crippen molar-refractivity contribution in [2.45, 2.75) is 13.8 Å². The molecule has 3 aromatic rings. The number of hydrogen-bond acceptors (Lipinski definition) is 2. The molecule has 1 aromatic carbocycles. The van der Waals surface area contributed by atoms with E-state index in [2.05, 4.69) is 10.3 Å². The molecule has 0 radical (unpaired) electrons. The first-order valence-electron chi connectivity index (χ1n) is 7.20. The quantitative estimate of drug-likeness (QED) is 0.797. The van der Waals surface area contributed by atoms with Gasteiger partial charge in [0, 0.05) is 17.7 Å². The molecule has 23 heavy (non-hydrogen) atoms. The number of nitrogens with one attached hydrogen (secondary N) is 1. The summed E-state index contributed by atoms with van der Waals surface area (Å²) in [6, 6.07) is 8.94. The van der Waals surface area contributed by atoms with Gasteiger partial charge in [-0.3, -0.25) is 9.20 Å². The maximum atomic E-state index is 13.5. The number of nitrogens with zero attached hydrogens (tertiary/aromatic N) is 2. The second-order valence-electron chi connectivity index (χ2n) is 5.51. The lowest BCUT2D eigenvalue weighted by molar-refractivity contribution is -0.118. The van der Waals surface area contributed by atoms with E-state index in [0.29, 0.717) is 22.7 Å². The summed E-state index contributed by atoms with van der Waals surface area (Å²) in [4.78, 5) is 16.5. The van der Waals surface area contributed by atoms with Gasteiger partial charge in [-0.25, -0.2) is 13.8 Å². The number of fused-ring (bicyclic) bond motifs is 1. The van der Waals surface area contributed by atoms with Crippen LogP contribution in [0.15, 0.2) is 42.6 Å². The van der Waals surface area contributed by atoms with Crippen LogP contribution in [0.2, 0.25) is 0 Å². The van der Waals surface area contributed by atoms with Crippen molar-refractivity contribution < 1.29 is 13.6 Å². The average molecular weight is 315 g/mol. The largest absolute Gasteiger partial charge is 0.310 e. The van der Waals surface area contributed by atoms with Gasteiger partial charge in [-0.15, -0.1) is 0 Å². The Morgan fingerprint density at radius 2 is 1.96 bits per heavy atom. The first kappa shape index (κ1) is 15.1. The molecule has 0 saturated heterocycles. The van der Waals surface area contributed by atoms with E-state index >= 15 is 0 Å². The number of hydrogen-bond donors (Lipinski definition) is 1. The zero-order chi connectivity index (χ0) is 16.6. The Hall–Kier alpha value is -2.76. The number of aromatic nitrogens is 2. The number of anilines is 1. The molecule has 2 aromatic heterocycles. The number of benzene rings is 1. The van der Waals surface area contributed by atoms with Crippen molar-refractivity contribution in [3.63, 3.8) is 0 Å². The minimum Gasteiger partial charge on any atom is -0.310 e. The Morgan fingerprint density at radius 3 is 2.65 bits per heavy atom. The number of carbonyl (C=O) groups is 1. The van der Waals surface area contributed by atoms with E-state index in [-0.39, 0.29) is 11.8 Å². The van der Waals surface area contributed by atoms with Gasteiger partial charge in [0.05, 0.1) is 0 Å². The number of rotatable bonds is 3. The van der Waals surface area contributed by atoms with E-state index < -0.39 is 11.6 Å². The van der Waals surface area contributed by atoms with Gasteiger partial charge < -0.3 is 5.32 Å². The van der Waals surface area contributed by atoms with Crippen LogP contribution in [-0.4, -0.2) is 15.3 Å². The molecular formula is C17H15F2N3O. The van der Waals surface area contributed by atoms with Crippen molar-refractivity contribution in [3.8, 4) is 11.3 Å². The number of carbonyl (C=O) groups excluding carboxylic acids is 1. The van der Waals surface area contributed by atoms with E-state index in [9.17, 15) is 13.6 Å². The second kappa shape index (κ2) is 5.79. The number of amides is 1. The van der Waals surface area contributed by atoms with Crippen LogP contribution >= 0.6 is 0 Å². The minimum absolute atomic E-state index is 0.181. The van der Waals surface area contributed by atoms with E-state index in [4.69, 9.17) is 0 Å². The highest BCUT2D eigenvalue weighted by Crippen LogP contribution is 2.30. The van der Waals surface area contributed by atoms with Crippen LogP contribution in [0.25, 0.3) is 16.9 Å². The second-order valence-corrected chi connectivity index (χ2v) is 5.51. The van der Waals surface area contributed by atoms with Gasteiger partial charge in [0.2, 0.25) is 5.91 Å². The van der Waals surface area contributed by atoms with Crippen molar-refractivity contribution in [3.05, 3.63) is 54.2 Å². The first-order valence-corrected chi connectivity index (χ1v) is 7.20. The van der Waals surface area contributed by atoms with E-state index in [0.717, 1.165) is 12.1 Å². The van der Waals surface area contributed by atoms with Gasteiger partial charge >= 0.3 is 0 Å². The molecule has 0 atom stereocenters. The molecular weight excluding hydrogens is 300 g/mol. The maximum Gasteiger partial charge on any atom is 0.228 e. The highest BCUT2D eigenvalue weighted by atomic mass is 19.2. The van der Waals surface area contributed by atoms with E-state index in [1.807, 2.05) is 6.07 Å². The monoisotopic (exact) mass is 315 g/mol. The molecule has 2 heterocycles. The molecule has 0 aliphatic rings. The maximum absolute atomic E-state index is 13.5. The number of halogens is 2. The van der Waals surface area contributed by atoms with Gasteiger partial charge in [0.15, 0.2) is 11.6 Å². The lowest BCUT2D eigenvalue weighted by Crippen LogP contribution is -2.19. The summed E-state index contributed by atoms with van der Waals surface area (Å²) in [5.74, 6) is -1.85. The zero-order valence-electron chi connectivity index (χ0n) is 12.7. The van der Waals surface area contributed by atoms with Crippen LogP contribution in [0.3, 0.4) is 0 Å². The fourth-order valence-electron chi connectivity index (χ4n) is 2.22. The van der Waals surface area contributed by atoms with Crippen LogP contribution in [0.4, 0.5) is 14.6 Å². The van der Waals surface area contributed by atoms with Crippen LogP contribution < -0.4 is 5.32 Å². The van der Waals surface area contributed by atoms with Gasteiger partial charge in [0.1, 0.15) is 17.2 Å². The molecule has 0 aliphatic heterocycles. The summed E-state index contributed by atoms with van der Waals surface area (Å²) in [6.07, 6.45) is 1.75. The van der Waals surface area contributed by atoms with Gasteiger partial charge in [0.25, 0.3) is 0 Å². The highest BCUT2D eigenvalue weighted by molar-refractivity contribution is 5.95. The number of imidazole rings is 1. The summed E-state index contributed by atoms with van der Waals surface area (Å²) in [5, 5.41) is 2.81. The molecule has 6 heteroatoms. The zero-order valence-corrected chi connectivity index (χ0v) is 12.7. The molecule has 0 fully saturated rings.